The minimum Gasteiger partial charge on any atom is -0.382 e. The molecule has 1 aromatic rings. The molecule has 0 bridgehead atoms. The Hall–Kier alpha value is -1.63. The standard InChI is InChI=1S/C13H21N3O3/c1-18-9-10-19-8-2-7-15-13(17)11-3-5-12(16-14)6-4-11/h3-6,16H,2,7-10,14H2,1H3,(H,15,17). The number of nitrogens with one attached hydrogen (secondary N) is 2. The van der Waals surface area contributed by atoms with Gasteiger partial charge >= 0.3 is 0 Å². The molecule has 0 spiro atoms. The number of hydrazine groups is 1. The third kappa shape index (κ3) is 6.19. The zero-order valence-electron chi connectivity index (χ0n) is 11.1. The molecule has 0 heterocycles. The van der Waals surface area contributed by atoms with Crippen molar-refractivity contribution in [2.45, 2.75) is 6.42 Å². The first-order valence-corrected chi connectivity index (χ1v) is 6.19. The number of methoxy groups -OCH3 is 1. The number of hydrogen-bond acceptors (Lipinski definition) is 5. The van der Waals surface area contributed by atoms with Crippen molar-refractivity contribution in [1.29, 1.82) is 0 Å². The van der Waals surface area contributed by atoms with Crippen LogP contribution in [-0.4, -0.2) is 39.4 Å². The Morgan fingerprint density at radius 3 is 2.58 bits per heavy atom. The highest BCUT2D eigenvalue weighted by atomic mass is 16.5. The van der Waals surface area contributed by atoms with Gasteiger partial charge in [-0.1, -0.05) is 0 Å². The molecule has 1 amide bonds. The molecule has 0 unspecified atom stereocenters. The van der Waals surface area contributed by atoms with Crippen molar-refractivity contribution in [3.8, 4) is 0 Å². The number of rotatable bonds is 9. The minimum atomic E-state index is -0.0968. The van der Waals surface area contributed by atoms with Crippen LogP contribution < -0.4 is 16.6 Å². The van der Waals surface area contributed by atoms with Crippen molar-refractivity contribution >= 4 is 11.6 Å². The maximum Gasteiger partial charge on any atom is 0.251 e. The van der Waals surface area contributed by atoms with Gasteiger partial charge in [-0.2, -0.15) is 0 Å². The highest BCUT2D eigenvalue weighted by molar-refractivity contribution is 5.94. The molecule has 19 heavy (non-hydrogen) atoms. The van der Waals surface area contributed by atoms with Gasteiger partial charge in [0, 0.05) is 31.5 Å². The maximum atomic E-state index is 11.8. The summed E-state index contributed by atoms with van der Waals surface area (Å²) in [5, 5.41) is 2.83. The Balaban J connectivity index is 2.16. The van der Waals surface area contributed by atoms with Gasteiger partial charge in [0.1, 0.15) is 0 Å². The minimum absolute atomic E-state index is 0.0968. The number of anilines is 1. The molecule has 0 aromatic heterocycles. The lowest BCUT2D eigenvalue weighted by Crippen LogP contribution is -2.25. The summed E-state index contributed by atoms with van der Waals surface area (Å²) in [6, 6.07) is 6.95. The number of hydrogen-bond donors (Lipinski definition) is 3. The van der Waals surface area contributed by atoms with E-state index in [0.717, 1.165) is 12.1 Å². The van der Waals surface area contributed by atoms with Crippen LogP contribution in [0.25, 0.3) is 0 Å². The molecule has 0 saturated carbocycles. The number of nitrogens with two attached hydrogens (primary N) is 1. The number of ether oxygens (including phenoxy) is 2. The van der Waals surface area contributed by atoms with Crippen LogP contribution in [0.4, 0.5) is 5.69 Å². The second kappa shape index (κ2) is 9.32. The van der Waals surface area contributed by atoms with Gasteiger partial charge in [-0.3, -0.25) is 10.6 Å². The maximum absolute atomic E-state index is 11.8. The summed E-state index contributed by atoms with van der Waals surface area (Å²) >= 11 is 0. The molecule has 6 nitrogen and oxygen atoms in total. The normalized spacial score (nSPS) is 10.2. The smallest absolute Gasteiger partial charge is 0.251 e. The molecule has 0 aliphatic carbocycles. The Labute approximate surface area is 113 Å². The average Bonchev–Trinajstić information content (AvgIpc) is 2.46. The Morgan fingerprint density at radius 1 is 1.21 bits per heavy atom. The number of nitrogen functional groups attached to an aromatic ring is 1. The van der Waals surface area contributed by atoms with E-state index in [-0.39, 0.29) is 5.91 Å². The fraction of sp³-hybridized carbons (Fsp3) is 0.462. The molecule has 4 N–H and O–H groups in total. The largest absolute Gasteiger partial charge is 0.382 e. The molecule has 0 atom stereocenters. The van der Waals surface area contributed by atoms with Gasteiger partial charge in [0.25, 0.3) is 5.91 Å². The molecule has 1 rings (SSSR count). The van der Waals surface area contributed by atoms with Crippen LogP contribution in [-0.2, 0) is 9.47 Å². The molecule has 1 aromatic carbocycles. The number of amides is 1. The zero-order chi connectivity index (χ0) is 13.9. The van der Waals surface area contributed by atoms with E-state index in [4.69, 9.17) is 15.3 Å². The van der Waals surface area contributed by atoms with Crippen LogP contribution in [0.5, 0.6) is 0 Å². The summed E-state index contributed by atoms with van der Waals surface area (Å²) in [7, 11) is 1.63. The van der Waals surface area contributed by atoms with Crippen molar-refractivity contribution < 1.29 is 14.3 Å². The monoisotopic (exact) mass is 267 g/mol. The van der Waals surface area contributed by atoms with Crippen LogP contribution in [0.3, 0.4) is 0 Å². The number of benzene rings is 1. The van der Waals surface area contributed by atoms with E-state index in [1.54, 1.807) is 31.4 Å². The molecular formula is C13H21N3O3. The van der Waals surface area contributed by atoms with E-state index < -0.39 is 0 Å². The van der Waals surface area contributed by atoms with Gasteiger partial charge in [-0.05, 0) is 30.7 Å². The van der Waals surface area contributed by atoms with E-state index in [0.29, 0.717) is 31.9 Å². The SMILES string of the molecule is COCCOCCCNC(=O)c1ccc(NN)cc1. The Kier molecular flexibility index (Phi) is 7.57. The van der Waals surface area contributed by atoms with Gasteiger partial charge < -0.3 is 20.2 Å². The summed E-state index contributed by atoms with van der Waals surface area (Å²) in [4.78, 5) is 11.8. The first-order valence-electron chi connectivity index (χ1n) is 6.19. The molecule has 6 heteroatoms. The predicted octanol–water partition coefficient (Wildman–Crippen LogP) is 0.755. The summed E-state index contributed by atoms with van der Waals surface area (Å²) in [5.41, 5.74) is 3.89. The van der Waals surface area contributed by atoms with Crippen molar-refractivity contribution in [2.75, 3.05) is 38.9 Å². The van der Waals surface area contributed by atoms with E-state index in [9.17, 15) is 4.79 Å². The van der Waals surface area contributed by atoms with Crippen LogP contribution in [0.1, 0.15) is 16.8 Å². The summed E-state index contributed by atoms with van der Waals surface area (Å²) in [5.74, 6) is 5.15. The third-order valence-electron chi connectivity index (χ3n) is 2.50. The molecule has 0 saturated heterocycles. The lowest BCUT2D eigenvalue weighted by Gasteiger charge is -2.07. The van der Waals surface area contributed by atoms with Crippen molar-refractivity contribution in [2.24, 2.45) is 5.84 Å². The Morgan fingerprint density at radius 2 is 1.95 bits per heavy atom. The van der Waals surface area contributed by atoms with Crippen LogP contribution in [0, 0.1) is 0 Å². The highest BCUT2D eigenvalue weighted by Crippen LogP contribution is 2.07. The first-order chi connectivity index (χ1) is 9.27. The van der Waals surface area contributed by atoms with E-state index >= 15 is 0 Å². The van der Waals surface area contributed by atoms with Crippen LogP contribution >= 0.6 is 0 Å². The second-order valence-corrected chi connectivity index (χ2v) is 3.94. The van der Waals surface area contributed by atoms with E-state index in [2.05, 4.69) is 10.7 Å². The second-order valence-electron chi connectivity index (χ2n) is 3.94. The molecule has 106 valence electrons. The topological polar surface area (TPSA) is 85.6 Å². The highest BCUT2D eigenvalue weighted by Gasteiger charge is 2.03. The van der Waals surface area contributed by atoms with E-state index in [1.165, 1.54) is 0 Å². The lowest BCUT2D eigenvalue weighted by molar-refractivity contribution is 0.0688. The van der Waals surface area contributed by atoms with E-state index in [1.807, 2.05) is 0 Å². The molecule has 0 aliphatic heterocycles. The van der Waals surface area contributed by atoms with Crippen molar-refractivity contribution in [1.82, 2.24) is 5.32 Å². The molecule has 0 radical (unpaired) electrons. The average molecular weight is 267 g/mol. The summed E-state index contributed by atoms with van der Waals surface area (Å²) in [6.45, 7) is 2.37. The zero-order valence-corrected chi connectivity index (χ0v) is 11.1. The van der Waals surface area contributed by atoms with Gasteiger partial charge in [0.05, 0.1) is 13.2 Å². The number of carbonyl (C=O) groups is 1. The van der Waals surface area contributed by atoms with Gasteiger partial charge in [-0.25, -0.2) is 0 Å². The number of carbonyl (C=O) groups excluding carboxylic acids is 1. The molecule has 0 fully saturated rings. The van der Waals surface area contributed by atoms with Gasteiger partial charge in [0.15, 0.2) is 0 Å². The first kappa shape index (κ1) is 15.4. The van der Waals surface area contributed by atoms with Crippen LogP contribution in [0.2, 0.25) is 0 Å². The van der Waals surface area contributed by atoms with Gasteiger partial charge in [-0.15, -0.1) is 0 Å². The lowest BCUT2D eigenvalue weighted by atomic mass is 10.2. The summed E-state index contributed by atoms with van der Waals surface area (Å²) in [6.07, 6.45) is 0.776. The summed E-state index contributed by atoms with van der Waals surface area (Å²) < 4.78 is 10.1. The quantitative estimate of drug-likeness (QED) is 0.349. The fourth-order valence-electron chi connectivity index (χ4n) is 1.44. The fourth-order valence-corrected chi connectivity index (χ4v) is 1.44. The Bertz CT molecular complexity index is 368. The van der Waals surface area contributed by atoms with Crippen molar-refractivity contribution in [3.63, 3.8) is 0 Å². The van der Waals surface area contributed by atoms with Crippen molar-refractivity contribution in [3.05, 3.63) is 29.8 Å². The molecular weight excluding hydrogens is 246 g/mol. The van der Waals surface area contributed by atoms with Crippen LogP contribution in [0.15, 0.2) is 24.3 Å². The third-order valence-corrected chi connectivity index (χ3v) is 2.50. The van der Waals surface area contributed by atoms with Gasteiger partial charge in [0.2, 0.25) is 0 Å². The predicted molar refractivity (Wildman–Crippen MR) is 73.9 cm³/mol. The molecule has 0 aliphatic rings.